The molecule has 6 heteroatoms. The summed E-state index contributed by atoms with van der Waals surface area (Å²) in [5.74, 6) is -0.744. The van der Waals surface area contributed by atoms with Crippen LogP contribution in [0.25, 0.3) is 0 Å². The van der Waals surface area contributed by atoms with E-state index in [0.717, 1.165) is 38.4 Å². The van der Waals surface area contributed by atoms with Crippen LogP contribution in [0.5, 0.6) is 0 Å². The number of nitrogens with zero attached hydrogens (tertiary/aromatic N) is 2. The van der Waals surface area contributed by atoms with Crippen LogP contribution >= 0.6 is 0 Å². The van der Waals surface area contributed by atoms with Crippen molar-refractivity contribution in [3.63, 3.8) is 0 Å². The molecule has 0 aliphatic carbocycles. The number of likely N-dealkylation sites (tertiary alicyclic amines) is 1. The van der Waals surface area contributed by atoms with Gasteiger partial charge in [0.2, 0.25) is 0 Å². The van der Waals surface area contributed by atoms with Crippen molar-refractivity contribution in [3.8, 4) is 0 Å². The normalized spacial score (nSPS) is 15.7. The summed E-state index contributed by atoms with van der Waals surface area (Å²) >= 11 is 0. The highest BCUT2D eigenvalue weighted by molar-refractivity contribution is 5.94. The molecule has 2 heterocycles. The van der Waals surface area contributed by atoms with E-state index in [1.54, 1.807) is 25.3 Å². The molecule has 0 spiro atoms. The van der Waals surface area contributed by atoms with E-state index in [9.17, 15) is 13.6 Å². The van der Waals surface area contributed by atoms with Crippen LogP contribution in [0.15, 0.2) is 36.5 Å². The van der Waals surface area contributed by atoms with E-state index in [1.807, 2.05) is 4.90 Å². The molecule has 1 unspecified atom stereocenters. The number of carbonyl (C=O) groups is 1. The molecule has 25 heavy (non-hydrogen) atoms. The van der Waals surface area contributed by atoms with Crippen molar-refractivity contribution in [3.05, 3.63) is 59.3 Å². The van der Waals surface area contributed by atoms with Crippen LogP contribution in [-0.2, 0) is 0 Å². The SMILES string of the molecule is CC(Nc1cc(C(=O)N2CCCCC2)ccn1)c1ccc(F)cc1F. The second-order valence-corrected chi connectivity index (χ2v) is 6.31. The number of hydrogen-bond donors (Lipinski definition) is 1. The van der Waals surface area contributed by atoms with Gasteiger partial charge in [-0.2, -0.15) is 0 Å². The van der Waals surface area contributed by atoms with Crippen molar-refractivity contribution in [1.29, 1.82) is 0 Å². The van der Waals surface area contributed by atoms with Crippen molar-refractivity contribution >= 4 is 11.7 Å². The summed E-state index contributed by atoms with van der Waals surface area (Å²) in [7, 11) is 0. The Labute approximate surface area is 145 Å². The Morgan fingerprint density at radius 1 is 1.16 bits per heavy atom. The zero-order chi connectivity index (χ0) is 17.8. The number of rotatable bonds is 4. The largest absolute Gasteiger partial charge is 0.363 e. The van der Waals surface area contributed by atoms with Crippen molar-refractivity contribution in [1.82, 2.24) is 9.88 Å². The molecule has 1 saturated heterocycles. The number of benzene rings is 1. The van der Waals surface area contributed by atoms with Gasteiger partial charge in [-0.3, -0.25) is 4.79 Å². The average molecular weight is 345 g/mol. The minimum atomic E-state index is -0.611. The van der Waals surface area contributed by atoms with Gasteiger partial charge in [0.15, 0.2) is 0 Å². The fourth-order valence-corrected chi connectivity index (χ4v) is 3.07. The van der Waals surface area contributed by atoms with Crippen LogP contribution in [0, 0.1) is 11.6 Å². The average Bonchev–Trinajstić information content (AvgIpc) is 2.62. The summed E-state index contributed by atoms with van der Waals surface area (Å²) in [6.45, 7) is 3.32. The fourth-order valence-electron chi connectivity index (χ4n) is 3.07. The summed E-state index contributed by atoms with van der Waals surface area (Å²) in [5.41, 5.74) is 0.905. The van der Waals surface area contributed by atoms with E-state index < -0.39 is 17.7 Å². The predicted octanol–water partition coefficient (Wildman–Crippen LogP) is 4.16. The number of hydrogen-bond acceptors (Lipinski definition) is 3. The number of piperidine rings is 1. The first-order valence-corrected chi connectivity index (χ1v) is 8.51. The van der Waals surface area contributed by atoms with Crippen LogP contribution in [0.3, 0.4) is 0 Å². The van der Waals surface area contributed by atoms with Crippen molar-refractivity contribution < 1.29 is 13.6 Å². The van der Waals surface area contributed by atoms with Gasteiger partial charge in [-0.25, -0.2) is 13.8 Å². The summed E-state index contributed by atoms with van der Waals surface area (Å²) in [4.78, 5) is 18.6. The van der Waals surface area contributed by atoms with E-state index in [4.69, 9.17) is 0 Å². The summed E-state index contributed by atoms with van der Waals surface area (Å²) in [6.07, 6.45) is 4.78. The second kappa shape index (κ2) is 7.59. The second-order valence-electron chi connectivity index (χ2n) is 6.31. The first-order chi connectivity index (χ1) is 12.0. The summed E-state index contributed by atoms with van der Waals surface area (Å²) in [5, 5.41) is 3.07. The van der Waals surface area contributed by atoms with Gasteiger partial charge in [0.1, 0.15) is 17.5 Å². The van der Waals surface area contributed by atoms with E-state index >= 15 is 0 Å². The molecule has 1 fully saturated rings. The lowest BCUT2D eigenvalue weighted by Gasteiger charge is -2.26. The van der Waals surface area contributed by atoms with E-state index in [2.05, 4.69) is 10.3 Å². The monoisotopic (exact) mass is 345 g/mol. The van der Waals surface area contributed by atoms with Crippen molar-refractivity contribution in [2.24, 2.45) is 0 Å². The Balaban J connectivity index is 1.73. The number of halogens is 2. The zero-order valence-electron chi connectivity index (χ0n) is 14.1. The molecule has 1 amide bonds. The molecule has 0 saturated carbocycles. The highest BCUT2D eigenvalue weighted by atomic mass is 19.1. The molecule has 1 atom stereocenters. The van der Waals surface area contributed by atoms with Crippen molar-refractivity contribution in [2.75, 3.05) is 18.4 Å². The summed E-state index contributed by atoms with van der Waals surface area (Å²) in [6, 6.07) is 6.44. The van der Waals surface area contributed by atoms with Gasteiger partial charge in [-0.15, -0.1) is 0 Å². The Bertz CT molecular complexity index is 760. The lowest BCUT2D eigenvalue weighted by atomic mass is 10.1. The Morgan fingerprint density at radius 3 is 2.64 bits per heavy atom. The molecule has 1 aliphatic heterocycles. The molecule has 1 N–H and O–H groups in total. The topological polar surface area (TPSA) is 45.2 Å². The molecule has 4 nitrogen and oxygen atoms in total. The van der Waals surface area contributed by atoms with E-state index in [-0.39, 0.29) is 5.91 Å². The number of nitrogens with one attached hydrogen (secondary N) is 1. The molecule has 0 bridgehead atoms. The van der Waals surface area contributed by atoms with Crippen molar-refractivity contribution in [2.45, 2.75) is 32.2 Å². The van der Waals surface area contributed by atoms with Gasteiger partial charge >= 0.3 is 0 Å². The standard InChI is InChI=1S/C19H21F2N3O/c1-13(16-6-5-15(20)12-17(16)21)23-18-11-14(7-8-22-18)19(25)24-9-3-2-4-10-24/h5-8,11-13H,2-4,9-10H2,1H3,(H,22,23). The van der Waals surface area contributed by atoms with Gasteiger partial charge in [0.25, 0.3) is 5.91 Å². The molecular weight excluding hydrogens is 324 g/mol. The number of amides is 1. The third kappa shape index (κ3) is 4.13. The van der Waals surface area contributed by atoms with Crippen LogP contribution in [-0.4, -0.2) is 28.9 Å². The Kier molecular flexibility index (Phi) is 5.26. The van der Waals surface area contributed by atoms with Gasteiger partial charge in [-0.05, 0) is 44.4 Å². The lowest BCUT2D eigenvalue weighted by molar-refractivity contribution is 0.0724. The van der Waals surface area contributed by atoms with Gasteiger partial charge in [0.05, 0.1) is 6.04 Å². The molecule has 3 rings (SSSR count). The van der Waals surface area contributed by atoms with Gasteiger partial charge in [0, 0.05) is 36.5 Å². The highest BCUT2D eigenvalue weighted by Crippen LogP contribution is 2.22. The molecule has 1 aliphatic rings. The van der Waals surface area contributed by atoms with Crippen LogP contribution in [0.4, 0.5) is 14.6 Å². The molecule has 2 aromatic rings. The van der Waals surface area contributed by atoms with Crippen LogP contribution < -0.4 is 5.32 Å². The molecule has 1 aromatic carbocycles. The number of pyridine rings is 1. The number of carbonyl (C=O) groups excluding carboxylic acids is 1. The van der Waals surface area contributed by atoms with E-state index in [1.165, 1.54) is 12.1 Å². The van der Waals surface area contributed by atoms with Gasteiger partial charge < -0.3 is 10.2 Å². The molecule has 1 aromatic heterocycles. The third-order valence-corrected chi connectivity index (χ3v) is 4.44. The first-order valence-electron chi connectivity index (χ1n) is 8.51. The molecular formula is C19H21F2N3O. The fraction of sp³-hybridized carbons (Fsp3) is 0.368. The Morgan fingerprint density at radius 2 is 1.92 bits per heavy atom. The number of anilines is 1. The zero-order valence-corrected chi connectivity index (χ0v) is 14.1. The molecule has 0 radical (unpaired) electrons. The van der Waals surface area contributed by atoms with Crippen LogP contribution in [0.2, 0.25) is 0 Å². The van der Waals surface area contributed by atoms with Gasteiger partial charge in [-0.1, -0.05) is 6.07 Å². The summed E-state index contributed by atoms with van der Waals surface area (Å²) < 4.78 is 26.9. The smallest absolute Gasteiger partial charge is 0.254 e. The van der Waals surface area contributed by atoms with Crippen LogP contribution in [0.1, 0.15) is 48.1 Å². The third-order valence-electron chi connectivity index (χ3n) is 4.44. The lowest BCUT2D eigenvalue weighted by Crippen LogP contribution is -2.35. The molecule has 132 valence electrons. The Hall–Kier alpha value is -2.50. The highest BCUT2D eigenvalue weighted by Gasteiger charge is 2.19. The van der Waals surface area contributed by atoms with E-state index in [0.29, 0.717) is 16.9 Å². The number of aromatic nitrogens is 1. The minimum absolute atomic E-state index is 0.00855. The first kappa shape index (κ1) is 17.3. The maximum atomic E-state index is 13.9. The quantitative estimate of drug-likeness (QED) is 0.905. The maximum Gasteiger partial charge on any atom is 0.254 e. The maximum absolute atomic E-state index is 13.9. The predicted molar refractivity (Wildman–Crippen MR) is 92.4 cm³/mol. The minimum Gasteiger partial charge on any atom is -0.363 e.